The van der Waals surface area contributed by atoms with Gasteiger partial charge in [-0.15, -0.1) is 0 Å². The largest absolute Gasteiger partial charge is 0.497 e. The first-order chi connectivity index (χ1) is 12.6. The van der Waals surface area contributed by atoms with Gasteiger partial charge in [-0.25, -0.2) is 4.98 Å². The quantitative estimate of drug-likeness (QED) is 0.614. The third-order valence-electron chi connectivity index (χ3n) is 4.49. The average molecular weight is 349 g/mol. The Kier molecular flexibility index (Phi) is 3.88. The van der Waals surface area contributed by atoms with Gasteiger partial charge < -0.3 is 14.5 Å². The van der Waals surface area contributed by atoms with E-state index in [9.17, 15) is 4.79 Å². The molecule has 4 aromatic rings. The van der Waals surface area contributed by atoms with Crippen LogP contribution in [-0.4, -0.2) is 28.8 Å². The number of aromatic nitrogens is 3. The average Bonchev–Trinajstić information content (AvgIpc) is 3.02. The SMILES string of the molecule is COc1cc(Cn2cnc3c([nH]c4ccc(C)cc43)c2=O)cc(OC)c1. The Morgan fingerprint density at radius 3 is 2.50 bits per heavy atom. The monoisotopic (exact) mass is 349 g/mol. The second kappa shape index (κ2) is 6.22. The minimum absolute atomic E-state index is 0.106. The highest BCUT2D eigenvalue weighted by Crippen LogP contribution is 2.24. The summed E-state index contributed by atoms with van der Waals surface area (Å²) in [6.07, 6.45) is 1.59. The highest BCUT2D eigenvalue weighted by molar-refractivity contribution is 6.04. The van der Waals surface area contributed by atoms with Gasteiger partial charge in [-0.1, -0.05) is 11.6 Å². The zero-order valence-corrected chi connectivity index (χ0v) is 14.9. The van der Waals surface area contributed by atoms with Crippen LogP contribution in [0.25, 0.3) is 21.9 Å². The molecule has 6 nitrogen and oxygen atoms in total. The van der Waals surface area contributed by atoms with E-state index >= 15 is 0 Å². The van der Waals surface area contributed by atoms with Gasteiger partial charge in [0.2, 0.25) is 0 Å². The smallest absolute Gasteiger partial charge is 0.277 e. The molecule has 0 unspecified atom stereocenters. The fourth-order valence-electron chi connectivity index (χ4n) is 3.17. The number of ether oxygens (including phenoxy) is 2. The van der Waals surface area contributed by atoms with Gasteiger partial charge in [0.05, 0.1) is 27.1 Å². The minimum atomic E-state index is -0.106. The maximum Gasteiger partial charge on any atom is 0.277 e. The van der Waals surface area contributed by atoms with Crippen LogP contribution in [0.1, 0.15) is 11.1 Å². The highest BCUT2D eigenvalue weighted by atomic mass is 16.5. The third kappa shape index (κ3) is 2.69. The summed E-state index contributed by atoms with van der Waals surface area (Å²) in [7, 11) is 3.20. The van der Waals surface area contributed by atoms with Crippen LogP contribution in [0.3, 0.4) is 0 Å². The number of rotatable bonds is 4. The Hall–Kier alpha value is -3.28. The normalized spacial score (nSPS) is 11.2. The van der Waals surface area contributed by atoms with E-state index < -0.39 is 0 Å². The van der Waals surface area contributed by atoms with Gasteiger partial charge in [0.15, 0.2) is 0 Å². The van der Waals surface area contributed by atoms with Crippen molar-refractivity contribution in [3.8, 4) is 11.5 Å². The van der Waals surface area contributed by atoms with E-state index in [4.69, 9.17) is 9.47 Å². The van der Waals surface area contributed by atoms with Crippen LogP contribution in [0.15, 0.2) is 47.5 Å². The molecular weight excluding hydrogens is 330 g/mol. The molecule has 2 heterocycles. The van der Waals surface area contributed by atoms with Crippen molar-refractivity contribution >= 4 is 21.9 Å². The molecule has 0 atom stereocenters. The van der Waals surface area contributed by atoms with Crippen LogP contribution >= 0.6 is 0 Å². The maximum absolute atomic E-state index is 12.9. The topological polar surface area (TPSA) is 69.1 Å². The lowest BCUT2D eigenvalue weighted by Gasteiger charge is -2.10. The molecule has 0 aliphatic carbocycles. The van der Waals surface area contributed by atoms with Crippen molar-refractivity contribution in [3.05, 3.63) is 64.2 Å². The number of fused-ring (bicyclic) bond motifs is 3. The lowest BCUT2D eigenvalue weighted by molar-refractivity contribution is 0.393. The number of nitrogens with zero attached hydrogens (tertiary/aromatic N) is 2. The number of hydrogen-bond donors (Lipinski definition) is 1. The minimum Gasteiger partial charge on any atom is -0.497 e. The van der Waals surface area contributed by atoms with Crippen LogP contribution in [0.2, 0.25) is 0 Å². The highest BCUT2D eigenvalue weighted by Gasteiger charge is 2.12. The predicted molar refractivity (Wildman–Crippen MR) is 101 cm³/mol. The summed E-state index contributed by atoms with van der Waals surface area (Å²) in [6, 6.07) is 11.6. The molecule has 0 aliphatic heterocycles. The zero-order valence-electron chi connectivity index (χ0n) is 14.9. The van der Waals surface area contributed by atoms with Crippen molar-refractivity contribution in [3.63, 3.8) is 0 Å². The van der Waals surface area contributed by atoms with E-state index in [2.05, 4.69) is 9.97 Å². The Morgan fingerprint density at radius 2 is 1.81 bits per heavy atom. The molecular formula is C20H19N3O3. The molecule has 0 bridgehead atoms. The van der Waals surface area contributed by atoms with Crippen molar-refractivity contribution in [2.24, 2.45) is 0 Å². The van der Waals surface area contributed by atoms with Crippen LogP contribution in [0.5, 0.6) is 11.5 Å². The fourth-order valence-corrected chi connectivity index (χ4v) is 3.17. The Morgan fingerprint density at radius 1 is 1.08 bits per heavy atom. The molecule has 2 aromatic carbocycles. The van der Waals surface area contributed by atoms with Crippen LogP contribution in [0.4, 0.5) is 0 Å². The van der Waals surface area contributed by atoms with E-state index in [0.717, 1.165) is 22.0 Å². The van der Waals surface area contributed by atoms with Gasteiger partial charge >= 0.3 is 0 Å². The molecule has 0 fully saturated rings. The first-order valence-corrected chi connectivity index (χ1v) is 8.28. The molecule has 0 amide bonds. The molecule has 0 aliphatic rings. The summed E-state index contributed by atoms with van der Waals surface area (Å²) < 4.78 is 12.2. The summed E-state index contributed by atoms with van der Waals surface area (Å²) in [5.74, 6) is 1.37. The van der Waals surface area contributed by atoms with Gasteiger partial charge in [0.25, 0.3) is 5.56 Å². The summed E-state index contributed by atoms with van der Waals surface area (Å²) in [5.41, 5.74) is 4.06. The molecule has 0 saturated carbocycles. The van der Waals surface area contributed by atoms with Gasteiger partial charge in [0.1, 0.15) is 22.5 Å². The summed E-state index contributed by atoms with van der Waals surface area (Å²) in [4.78, 5) is 20.6. The predicted octanol–water partition coefficient (Wildman–Crippen LogP) is 3.25. The molecule has 0 radical (unpaired) electrons. The number of aromatic amines is 1. The van der Waals surface area contributed by atoms with E-state index in [1.54, 1.807) is 31.2 Å². The van der Waals surface area contributed by atoms with Crippen LogP contribution in [-0.2, 0) is 6.54 Å². The van der Waals surface area contributed by atoms with Gasteiger partial charge in [-0.3, -0.25) is 9.36 Å². The standard InChI is InChI=1S/C20H19N3O3/c1-12-4-5-17-16(6-12)18-19(22-17)20(24)23(11-21-18)10-13-7-14(25-2)9-15(8-13)26-3/h4-9,11,22H,10H2,1-3H3. The van der Waals surface area contributed by atoms with E-state index in [1.165, 1.54) is 0 Å². The van der Waals surface area contributed by atoms with Crippen LogP contribution < -0.4 is 15.0 Å². The lowest BCUT2D eigenvalue weighted by atomic mass is 10.1. The first-order valence-electron chi connectivity index (χ1n) is 8.28. The van der Waals surface area contributed by atoms with Crippen molar-refractivity contribution in [1.82, 2.24) is 14.5 Å². The first kappa shape index (κ1) is 16.2. The number of methoxy groups -OCH3 is 2. The van der Waals surface area contributed by atoms with Crippen molar-refractivity contribution in [1.29, 1.82) is 0 Å². The van der Waals surface area contributed by atoms with Gasteiger partial charge in [0, 0.05) is 17.0 Å². The van der Waals surface area contributed by atoms with E-state index in [0.29, 0.717) is 29.1 Å². The molecule has 0 saturated heterocycles. The Bertz CT molecular complexity index is 1150. The molecule has 6 heteroatoms. The number of nitrogens with one attached hydrogen (secondary N) is 1. The number of aryl methyl sites for hydroxylation is 1. The molecule has 1 N–H and O–H groups in total. The lowest BCUT2D eigenvalue weighted by Crippen LogP contribution is -2.21. The van der Waals surface area contributed by atoms with E-state index in [1.807, 2.05) is 37.3 Å². The van der Waals surface area contributed by atoms with Gasteiger partial charge in [-0.2, -0.15) is 0 Å². The summed E-state index contributed by atoms with van der Waals surface area (Å²) in [6.45, 7) is 2.40. The molecule has 26 heavy (non-hydrogen) atoms. The van der Waals surface area contributed by atoms with Crippen molar-refractivity contribution < 1.29 is 9.47 Å². The third-order valence-corrected chi connectivity index (χ3v) is 4.49. The zero-order chi connectivity index (χ0) is 18.3. The number of hydrogen-bond acceptors (Lipinski definition) is 4. The molecule has 132 valence electrons. The fraction of sp³-hybridized carbons (Fsp3) is 0.200. The maximum atomic E-state index is 12.9. The van der Waals surface area contributed by atoms with Crippen molar-refractivity contribution in [2.75, 3.05) is 14.2 Å². The molecule has 4 rings (SSSR count). The van der Waals surface area contributed by atoms with Crippen molar-refractivity contribution in [2.45, 2.75) is 13.5 Å². The number of H-pyrrole nitrogens is 1. The second-order valence-corrected chi connectivity index (χ2v) is 6.30. The Labute approximate surface area is 150 Å². The Balaban J connectivity index is 1.82. The second-order valence-electron chi connectivity index (χ2n) is 6.30. The molecule has 0 spiro atoms. The number of benzene rings is 2. The summed E-state index contributed by atoms with van der Waals surface area (Å²) >= 11 is 0. The summed E-state index contributed by atoms with van der Waals surface area (Å²) in [5, 5.41) is 0.965. The van der Waals surface area contributed by atoms with E-state index in [-0.39, 0.29) is 5.56 Å². The molecule has 2 aromatic heterocycles. The van der Waals surface area contributed by atoms with Gasteiger partial charge in [-0.05, 0) is 36.8 Å². The van der Waals surface area contributed by atoms with Crippen LogP contribution in [0, 0.1) is 6.92 Å².